The van der Waals surface area contributed by atoms with Crippen molar-refractivity contribution in [1.29, 1.82) is 0 Å². The van der Waals surface area contributed by atoms with Crippen LogP contribution in [0.3, 0.4) is 0 Å². The van der Waals surface area contributed by atoms with Crippen LogP contribution in [0.4, 0.5) is 0 Å². The molecule has 0 unspecified atom stereocenters. The molecule has 0 saturated heterocycles. The zero-order valence-corrected chi connectivity index (χ0v) is 10.0. The number of carbonyl (C=O) groups is 4. The molecule has 0 bridgehead atoms. The lowest BCUT2D eigenvalue weighted by atomic mass is 9.85. The fourth-order valence-electron chi connectivity index (χ4n) is 2.74. The van der Waals surface area contributed by atoms with Crippen LogP contribution >= 0.6 is 0 Å². The van der Waals surface area contributed by atoms with Crippen molar-refractivity contribution in [2.45, 2.75) is 12.8 Å². The first-order chi connectivity index (χ1) is 9.54. The molecule has 6 nitrogen and oxygen atoms in total. The maximum atomic E-state index is 11.5. The highest BCUT2D eigenvalue weighted by Crippen LogP contribution is 2.34. The van der Waals surface area contributed by atoms with Gasteiger partial charge in [0.15, 0.2) is 0 Å². The second-order valence-electron chi connectivity index (χ2n) is 4.83. The van der Waals surface area contributed by atoms with Gasteiger partial charge in [0.25, 0.3) is 0 Å². The van der Waals surface area contributed by atoms with Gasteiger partial charge in [0, 0.05) is 12.8 Å². The number of hydrogen-bond acceptors (Lipinski definition) is 6. The fraction of sp³-hybridized carbons (Fsp3) is 0.143. The number of fused-ring (bicyclic) bond motifs is 2. The van der Waals surface area contributed by atoms with Crippen molar-refractivity contribution < 1.29 is 28.7 Å². The van der Waals surface area contributed by atoms with Gasteiger partial charge in [-0.1, -0.05) is 0 Å². The normalized spacial score (nSPS) is 19.6. The first-order valence-electron chi connectivity index (χ1n) is 5.95. The van der Waals surface area contributed by atoms with Crippen LogP contribution in [0, 0.1) is 0 Å². The fourth-order valence-corrected chi connectivity index (χ4v) is 2.74. The van der Waals surface area contributed by atoms with E-state index < -0.39 is 23.9 Å². The summed E-state index contributed by atoms with van der Waals surface area (Å²) in [6.45, 7) is 0. The van der Waals surface area contributed by atoms with Gasteiger partial charge in [-0.15, -0.1) is 0 Å². The number of cyclic esters (lactones) is 4. The Morgan fingerprint density at radius 3 is 1.50 bits per heavy atom. The SMILES string of the molecule is O=C1OC(=O)C2=C1Cc1cc3c(cc1C2)C(=O)OC3=O. The van der Waals surface area contributed by atoms with Crippen LogP contribution in [0.25, 0.3) is 0 Å². The molecule has 98 valence electrons. The molecule has 0 N–H and O–H groups in total. The predicted molar refractivity (Wildman–Crippen MR) is 61.7 cm³/mol. The van der Waals surface area contributed by atoms with Crippen LogP contribution in [0.2, 0.25) is 0 Å². The number of benzene rings is 1. The Hall–Kier alpha value is -2.76. The lowest BCUT2D eigenvalue weighted by Gasteiger charge is -2.15. The molecule has 0 saturated carbocycles. The van der Waals surface area contributed by atoms with Gasteiger partial charge in [0.05, 0.1) is 22.3 Å². The lowest BCUT2D eigenvalue weighted by molar-refractivity contribution is -0.151. The number of esters is 4. The Morgan fingerprint density at radius 2 is 1.05 bits per heavy atom. The zero-order chi connectivity index (χ0) is 14.0. The third-order valence-electron chi connectivity index (χ3n) is 3.74. The summed E-state index contributed by atoms with van der Waals surface area (Å²) in [7, 11) is 0. The van der Waals surface area contributed by atoms with E-state index in [4.69, 9.17) is 0 Å². The van der Waals surface area contributed by atoms with Gasteiger partial charge in [-0.25, -0.2) is 19.2 Å². The number of ether oxygens (including phenoxy) is 2. The molecule has 4 rings (SSSR count). The van der Waals surface area contributed by atoms with E-state index in [0.29, 0.717) is 11.1 Å². The molecule has 20 heavy (non-hydrogen) atoms. The van der Waals surface area contributed by atoms with Crippen molar-refractivity contribution in [3.05, 3.63) is 45.5 Å². The summed E-state index contributed by atoms with van der Waals surface area (Å²) in [6, 6.07) is 3.11. The Kier molecular flexibility index (Phi) is 1.89. The van der Waals surface area contributed by atoms with Crippen molar-refractivity contribution in [3.8, 4) is 0 Å². The van der Waals surface area contributed by atoms with Gasteiger partial charge in [-0.05, 0) is 23.3 Å². The summed E-state index contributed by atoms with van der Waals surface area (Å²) < 4.78 is 9.11. The van der Waals surface area contributed by atoms with Gasteiger partial charge >= 0.3 is 23.9 Å². The highest BCUT2D eigenvalue weighted by molar-refractivity contribution is 6.16. The second kappa shape index (κ2) is 3.41. The average Bonchev–Trinajstić information content (AvgIpc) is 2.84. The third kappa shape index (κ3) is 1.27. The Bertz CT molecular complexity index is 720. The summed E-state index contributed by atoms with van der Waals surface area (Å²) >= 11 is 0. The molecule has 0 amide bonds. The Labute approximate surface area is 112 Å². The number of hydrogen-bond donors (Lipinski definition) is 0. The van der Waals surface area contributed by atoms with Crippen LogP contribution in [0.1, 0.15) is 31.8 Å². The minimum Gasteiger partial charge on any atom is -0.386 e. The van der Waals surface area contributed by atoms with Crippen LogP contribution in [0.15, 0.2) is 23.3 Å². The molecule has 1 aromatic carbocycles. The smallest absolute Gasteiger partial charge is 0.346 e. The molecule has 0 atom stereocenters. The van der Waals surface area contributed by atoms with Crippen LogP contribution in [-0.4, -0.2) is 23.9 Å². The van der Waals surface area contributed by atoms with E-state index in [1.165, 1.54) is 0 Å². The van der Waals surface area contributed by atoms with Gasteiger partial charge in [-0.2, -0.15) is 0 Å². The van der Waals surface area contributed by atoms with E-state index in [2.05, 4.69) is 9.47 Å². The summed E-state index contributed by atoms with van der Waals surface area (Å²) in [5.41, 5.74) is 2.55. The monoisotopic (exact) mass is 270 g/mol. The molecule has 2 aliphatic heterocycles. The predicted octanol–water partition coefficient (Wildman–Crippen LogP) is 0.476. The van der Waals surface area contributed by atoms with E-state index >= 15 is 0 Å². The largest absolute Gasteiger partial charge is 0.386 e. The summed E-state index contributed by atoms with van der Waals surface area (Å²) in [5.74, 6) is -2.63. The van der Waals surface area contributed by atoms with Crippen molar-refractivity contribution in [1.82, 2.24) is 0 Å². The average molecular weight is 270 g/mol. The van der Waals surface area contributed by atoms with Gasteiger partial charge in [0.2, 0.25) is 0 Å². The molecule has 6 heteroatoms. The number of carbonyl (C=O) groups excluding carboxylic acids is 4. The zero-order valence-electron chi connectivity index (χ0n) is 10.0. The summed E-state index contributed by atoms with van der Waals surface area (Å²) in [5, 5.41) is 0. The van der Waals surface area contributed by atoms with Crippen molar-refractivity contribution in [2.75, 3.05) is 0 Å². The van der Waals surface area contributed by atoms with Crippen molar-refractivity contribution >= 4 is 23.9 Å². The maximum absolute atomic E-state index is 11.5. The molecule has 0 radical (unpaired) electrons. The molecule has 3 aliphatic rings. The van der Waals surface area contributed by atoms with Gasteiger partial charge < -0.3 is 9.47 Å². The molecule has 1 aromatic rings. The molecule has 0 aromatic heterocycles. The summed E-state index contributed by atoms with van der Waals surface area (Å²) in [6.07, 6.45) is 0.452. The van der Waals surface area contributed by atoms with Crippen molar-refractivity contribution in [2.24, 2.45) is 0 Å². The van der Waals surface area contributed by atoms with E-state index in [1.54, 1.807) is 12.1 Å². The molecule has 0 fully saturated rings. The molecular weight excluding hydrogens is 264 g/mol. The van der Waals surface area contributed by atoms with E-state index in [1.807, 2.05) is 0 Å². The Morgan fingerprint density at radius 1 is 0.650 bits per heavy atom. The molecular formula is C14H6O6. The highest BCUT2D eigenvalue weighted by atomic mass is 16.6. The first kappa shape index (κ1) is 11.1. The first-order valence-corrected chi connectivity index (χ1v) is 5.95. The molecule has 2 heterocycles. The quantitative estimate of drug-likeness (QED) is 0.503. The van der Waals surface area contributed by atoms with Crippen LogP contribution in [0.5, 0.6) is 0 Å². The van der Waals surface area contributed by atoms with E-state index in [0.717, 1.165) is 11.1 Å². The van der Waals surface area contributed by atoms with Gasteiger partial charge in [0.1, 0.15) is 0 Å². The van der Waals surface area contributed by atoms with Crippen LogP contribution < -0.4 is 0 Å². The lowest BCUT2D eigenvalue weighted by Crippen LogP contribution is -2.12. The second-order valence-corrected chi connectivity index (χ2v) is 4.83. The Balaban J connectivity index is 1.87. The minimum absolute atomic E-state index is 0.204. The number of rotatable bonds is 0. The third-order valence-corrected chi connectivity index (χ3v) is 3.74. The van der Waals surface area contributed by atoms with Gasteiger partial charge in [-0.3, -0.25) is 0 Å². The standard InChI is InChI=1S/C14H6O6/c15-11-7-1-5-2-9-10(14(18)20-13(9)17)4-6(5)3-8(7)12(16)19-11/h1,3H,2,4H2. The van der Waals surface area contributed by atoms with E-state index in [9.17, 15) is 19.2 Å². The summed E-state index contributed by atoms with van der Waals surface area (Å²) in [4.78, 5) is 46.1. The van der Waals surface area contributed by atoms with E-state index in [-0.39, 0.29) is 24.0 Å². The highest BCUT2D eigenvalue weighted by Gasteiger charge is 2.38. The topological polar surface area (TPSA) is 86.7 Å². The molecule has 1 aliphatic carbocycles. The minimum atomic E-state index is -0.683. The van der Waals surface area contributed by atoms with Crippen molar-refractivity contribution in [3.63, 3.8) is 0 Å². The maximum Gasteiger partial charge on any atom is 0.346 e. The van der Waals surface area contributed by atoms with Crippen LogP contribution in [-0.2, 0) is 31.9 Å². The molecule has 0 spiro atoms.